The van der Waals surface area contributed by atoms with Crippen LogP contribution in [-0.4, -0.2) is 10.9 Å². The molecular weight excluding hydrogens is 222 g/mol. The van der Waals surface area contributed by atoms with E-state index >= 15 is 0 Å². The topological polar surface area (TPSA) is 32.6 Å². The van der Waals surface area contributed by atoms with E-state index in [-0.39, 0.29) is 0 Å². The van der Waals surface area contributed by atoms with Gasteiger partial charge < -0.3 is 5.21 Å². The van der Waals surface area contributed by atoms with Crippen molar-refractivity contribution >= 4 is 5.71 Å². The molecule has 3 rings (SSSR count). The second-order valence-electron chi connectivity index (χ2n) is 5.80. The van der Waals surface area contributed by atoms with Crippen molar-refractivity contribution in [2.75, 3.05) is 0 Å². The summed E-state index contributed by atoms with van der Waals surface area (Å²) in [6.07, 6.45) is 7.35. The highest BCUT2D eigenvalue weighted by molar-refractivity contribution is 5.85. The van der Waals surface area contributed by atoms with E-state index in [2.05, 4.69) is 35.5 Å². The molecule has 0 radical (unpaired) electrons. The fourth-order valence-corrected chi connectivity index (χ4v) is 3.96. The van der Waals surface area contributed by atoms with Crippen LogP contribution in [-0.2, 0) is 0 Å². The molecule has 1 aromatic carbocycles. The average molecular weight is 243 g/mol. The Bertz CT molecular complexity index is 426. The fourth-order valence-electron chi connectivity index (χ4n) is 3.96. The van der Waals surface area contributed by atoms with Gasteiger partial charge in [-0.05, 0) is 49.0 Å². The van der Waals surface area contributed by atoms with Crippen molar-refractivity contribution in [1.29, 1.82) is 0 Å². The number of fused-ring (bicyclic) bond motifs is 1. The van der Waals surface area contributed by atoms with Gasteiger partial charge in [0.1, 0.15) is 0 Å². The summed E-state index contributed by atoms with van der Waals surface area (Å²) >= 11 is 0. The van der Waals surface area contributed by atoms with Crippen LogP contribution in [0.4, 0.5) is 0 Å². The largest absolute Gasteiger partial charge is 0.411 e. The highest BCUT2D eigenvalue weighted by atomic mass is 16.4. The second-order valence-corrected chi connectivity index (χ2v) is 5.80. The summed E-state index contributed by atoms with van der Waals surface area (Å²) in [5.41, 5.74) is 2.43. The molecule has 18 heavy (non-hydrogen) atoms. The molecule has 0 bridgehead atoms. The molecule has 1 N–H and O–H groups in total. The molecule has 2 aliphatic rings. The van der Waals surface area contributed by atoms with Gasteiger partial charge >= 0.3 is 0 Å². The molecule has 2 nitrogen and oxygen atoms in total. The van der Waals surface area contributed by atoms with E-state index in [1.165, 1.54) is 31.2 Å². The number of nitrogens with zero attached hydrogens (tertiary/aromatic N) is 1. The molecular formula is C16H21NO. The molecule has 0 heterocycles. The van der Waals surface area contributed by atoms with Gasteiger partial charge in [0.2, 0.25) is 0 Å². The number of hydrogen-bond acceptors (Lipinski definition) is 2. The summed E-state index contributed by atoms with van der Waals surface area (Å²) in [6, 6.07) is 10.8. The van der Waals surface area contributed by atoms with Crippen LogP contribution in [0.25, 0.3) is 0 Å². The SMILES string of the molecule is ON=C1CC2CCCC[C@H]2[C@H](c2ccccc2)C1. The van der Waals surface area contributed by atoms with Crippen molar-refractivity contribution < 1.29 is 5.21 Å². The third-order valence-corrected chi connectivity index (χ3v) is 4.81. The predicted octanol–water partition coefficient (Wildman–Crippen LogP) is 4.20. The Kier molecular flexibility index (Phi) is 3.35. The first-order chi connectivity index (χ1) is 8.88. The standard InChI is InChI=1S/C16H21NO/c18-17-14-10-13-8-4-5-9-15(13)16(11-14)12-6-2-1-3-7-12/h1-3,6-7,13,15-16,18H,4-5,8-11H2/t13?,15-,16+/m1/s1. The molecule has 1 aromatic rings. The molecule has 3 atom stereocenters. The molecule has 2 saturated carbocycles. The van der Waals surface area contributed by atoms with Crippen molar-refractivity contribution in [3.63, 3.8) is 0 Å². The quantitative estimate of drug-likeness (QED) is 0.582. The van der Waals surface area contributed by atoms with Crippen LogP contribution in [0.5, 0.6) is 0 Å². The van der Waals surface area contributed by atoms with Crippen LogP contribution >= 0.6 is 0 Å². The Morgan fingerprint density at radius 3 is 2.56 bits per heavy atom. The molecule has 0 amide bonds. The Morgan fingerprint density at radius 1 is 1.00 bits per heavy atom. The summed E-state index contributed by atoms with van der Waals surface area (Å²) < 4.78 is 0. The fraction of sp³-hybridized carbons (Fsp3) is 0.562. The van der Waals surface area contributed by atoms with Crippen LogP contribution in [0, 0.1) is 11.8 Å². The van der Waals surface area contributed by atoms with E-state index in [4.69, 9.17) is 5.21 Å². The van der Waals surface area contributed by atoms with Gasteiger partial charge in [-0.2, -0.15) is 0 Å². The first kappa shape index (κ1) is 11.8. The molecule has 1 unspecified atom stereocenters. The molecule has 0 spiro atoms. The lowest BCUT2D eigenvalue weighted by Crippen LogP contribution is -2.34. The monoisotopic (exact) mass is 243 g/mol. The summed E-state index contributed by atoms with van der Waals surface area (Å²) in [7, 11) is 0. The van der Waals surface area contributed by atoms with Crippen molar-refractivity contribution in [2.24, 2.45) is 17.0 Å². The van der Waals surface area contributed by atoms with Gasteiger partial charge in [-0.1, -0.05) is 48.3 Å². The van der Waals surface area contributed by atoms with Crippen molar-refractivity contribution in [1.82, 2.24) is 0 Å². The Balaban J connectivity index is 1.90. The zero-order valence-electron chi connectivity index (χ0n) is 10.8. The Morgan fingerprint density at radius 2 is 1.78 bits per heavy atom. The minimum Gasteiger partial charge on any atom is -0.411 e. The summed E-state index contributed by atoms with van der Waals surface area (Å²) in [6.45, 7) is 0. The molecule has 2 fully saturated rings. The van der Waals surface area contributed by atoms with E-state index in [9.17, 15) is 0 Å². The van der Waals surface area contributed by atoms with Crippen molar-refractivity contribution in [3.8, 4) is 0 Å². The van der Waals surface area contributed by atoms with Gasteiger partial charge in [0.15, 0.2) is 0 Å². The minimum absolute atomic E-state index is 0.566. The molecule has 2 heteroatoms. The number of rotatable bonds is 1. The molecule has 0 aromatic heterocycles. The highest BCUT2D eigenvalue weighted by Crippen LogP contribution is 2.47. The predicted molar refractivity (Wildman–Crippen MR) is 73.1 cm³/mol. The zero-order chi connectivity index (χ0) is 12.4. The summed E-state index contributed by atoms with van der Waals surface area (Å²) in [4.78, 5) is 0. The maximum atomic E-state index is 9.13. The van der Waals surface area contributed by atoms with Gasteiger partial charge in [-0.3, -0.25) is 0 Å². The van der Waals surface area contributed by atoms with Crippen molar-refractivity contribution in [2.45, 2.75) is 44.4 Å². The molecule has 2 aliphatic carbocycles. The van der Waals surface area contributed by atoms with Gasteiger partial charge in [0, 0.05) is 0 Å². The number of benzene rings is 1. The van der Waals surface area contributed by atoms with E-state index in [0.29, 0.717) is 5.92 Å². The maximum absolute atomic E-state index is 9.13. The summed E-state index contributed by atoms with van der Waals surface area (Å²) in [5.74, 6) is 2.10. The van der Waals surface area contributed by atoms with Crippen LogP contribution < -0.4 is 0 Å². The zero-order valence-corrected chi connectivity index (χ0v) is 10.8. The highest BCUT2D eigenvalue weighted by Gasteiger charge is 2.38. The lowest BCUT2D eigenvalue weighted by atomic mass is 9.63. The van der Waals surface area contributed by atoms with Gasteiger partial charge in [-0.15, -0.1) is 0 Å². The van der Waals surface area contributed by atoms with Gasteiger partial charge in [-0.25, -0.2) is 0 Å². The normalized spacial score (nSPS) is 34.2. The number of hydrogen-bond donors (Lipinski definition) is 1. The molecule has 0 aliphatic heterocycles. The third kappa shape index (κ3) is 2.16. The van der Waals surface area contributed by atoms with Crippen molar-refractivity contribution in [3.05, 3.63) is 35.9 Å². The van der Waals surface area contributed by atoms with E-state index in [0.717, 1.165) is 30.4 Å². The third-order valence-electron chi connectivity index (χ3n) is 4.81. The Hall–Kier alpha value is -1.31. The number of oxime groups is 1. The molecule has 96 valence electrons. The van der Waals surface area contributed by atoms with E-state index in [1.54, 1.807) is 0 Å². The van der Waals surface area contributed by atoms with Gasteiger partial charge in [0.05, 0.1) is 5.71 Å². The maximum Gasteiger partial charge on any atom is 0.0579 e. The minimum atomic E-state index is 0.566. The smallest absolute Gasteiger partial charge is 0.0579 e. The van der Waals surface area contributed by atoms with E-state index < -0.39 is 0 Å². The first-order valence-electron chi connectivity index (χ1n) is 7.13. The molecule has 0 saturated heterocycles. The van der Waals surface area contributed by atoms with Crippen LogP contribution in [0.2, 0.25) is 0 Å². The lowest BCUT2D eigenvalue weighted by molar-refractivity contribution is 0.187. The second kappa shape index (κ2) is 5.13. The average Bonchev–Trinajstić information content (AvgIpc) is 2.47. The van der Waals surface area contributed by atoms with Crippen LogP contribution in [0.15, 0.2) is 35.5 Å². The summed E-state index contributed by atoms with van der Waals surface area (Å²) in [5, 5.41) is 12.7. The van der Waals surface area contributed by atoms with Crippen LogP contribution in [0.3, 0.4) is 0 Å². The van der Waals surface area contributed by atoms with Crippen LogP contribution in [0.1, 0.15) is 50.0 Å². The van der Waals surface area contributed by atoms with E-state index in [1.807, 2.05) is 0 Å². The lowest BCUT2D eigenvalue weighted by Gasteiger charge is -2.41. The van der Waals surface area contributed by atoms with Gasteiger partial charge in [0.25, 0.3) is 0 Å². The first-order valence-corrected chi connectivity index (χ1v) is 7.13. The Labute approximate surface area is 109 Å².